The fourth-order valence-corrected chi connectivity index (χ4v) is 4.02. The van der Waals surface area contributed by atoms with Crippen molar-refractivity contribution in [1.82, 2.24) is 14.7 Å². The van der Waals surface area contributed by atoms with Crippen LogP contribution in [0.4, 0.5) is 0 Å². The van der Waals surface area contributed by atoms with Gasteiger partial charge in [-0.15, -0.1) is 11.3 Å². The Labute approximate surface area is 147 Å². The number of nitrogens with zero attached hydrogens (tertiary/aromatic N) is 3. The van der Waals surface area contributed by atoms with Crippen LogP contribution in [0.2, 0.25) is 0 Å². The van der Waals surface area contributed by atoms with E-state index in [9.17, 15) is 9.59 Å². The molecule has 24 heavy (non-hydrogen) atoms. The Hall–Kier alpha value is -1.66. The number of piperazine rings is 1. The summed E-state index contributed by atoms with van der Waals surface area (Å²) in [6.45, 7) is 6.07. The van der Waals surface area contributed by atoms with E-state index >= 15 is 0 Å². The van der Waals surface area contributed by atoms with E-state index in [1.807, 2.05) is 17.5 Å². The topological polar surface area (TPSA) is 43.9 Å². The van der Waals surface area contributed by atoms with Gasteiger partial charge < -0.3 is 9.80 Å². The van der Waals surface area contributed by atoms with Gasteiger partial charge in [-0.25, -0.2) is 0 Å². The molecule has 1 aromatic heterocycles. The van der Waals surface area contributed by atoms with Crippen LogP contribution >= 0.6 is 11.3 Å². The molecule has 1 fully saturated rings. The summed E-state index contributed by atoms with van der Waals surface area (Å²) in [5, 5.41) is 1.96. The van der Waals surface area contributed by atoms with E-state index in [4.69, 9.17) is 0 Å². The maximum absolute atomic E-state index is 13.0. The lowest BCUT2D eigenvalue weighted by atomic mass is 10.1. The molecule has 130 valence electrons. The van der Waals surface area contributed by atoms with Crippen molar-refractivity contribution in [2.45, 2.75) is 26.2 Å². The van der Waals surface area contributed by atoms with Crippen molar-refractivity contribution in [3.8, 4) is 0 Å². The van der Waals surface area contributed by atoms with Crippen molar-refractivity contribution in [2.75, 3.05) is 39.8 Å². The Bertz CT molecular complexity index is 631. The van der Waals surface area contributed by atoms with E-state index in [0.29, 0.717) is 17.8 Å². The summed E-state index contributed by atoms with van der Waals surface area (Å²) in [6.07, 6.45) is 2.99. The van der Waals surface area contributed by atoms with Gasteiger partial charge in [-0.1, -0.05) is 25.8 Å². The fraction of sp³-hybridized carbons (Fsp3) is 0.556. The van der Waals surface area contributed by atoms with Crippen molar-refractivity contribution < 1.29 is 9.59 Å². The van der Waals surface area contributed by atoms with Gasteiger partial charge >= 0.3 is 0 Å². The Balaban J connectivity index is 1.90. The van der Waals surface area contributed by atoms with Crippen molar-refractivity contribution >= 4 is 28.7 Å². The fourth-order valence-electron chi connectivity index (χ4n) is 3.25. The Morgan fingerprint density at radius 2 is 1.83 bits per heavy atom. The third-order valence-electron chi connectivity index (χ3n) is 4.72. The minimum atomic E-state index is -0.118. The highest BCUT2D eigenvalue weighted by Gasteiger charge is 2.41. The largest absolute Gasteiger partial charge is 0.364 e. The summed E-state index contributed by atoms with van der Waals surface area (Å²) < 4.78 is 0. The average molecular weight is 347 g/mol. The number of thiophene rings is 1. The molecule has 0 saturated carbocycles. The van der Waals surface area contributed by atoms with Gasteiger partial charge in [-0.05, 0) is 24.9 Å². The number of carbonyl (C=O) groups excluding carboxylic acids is 2. The summed E-state index contributed by atoms with van der Waals surface area (Å²) >= 11 is 1.53. The Kier molecular flexibility index (Phi) is 5.36. The van der Waals surface area contributed by atoms with Gasteiger partial charge in [-0.2, -0.15) is 0 Å². The molecule has 0 radical (unpaired) electrons. The number of hydrogen-bond acceptors (Lipinski definition) is 5. The first-order valence-corrected chi connectivity index (χ1v) is 9.59. The second kappa shape index (κ2) is 7.49. The number of amides is 2. The highest BCUT2D eigenvalue weighted by molar-refractivity contribution is 7.11. The molecular formula is C18H25N3O2S. The van der Waals surface area contributed by atoms with E-state index in [2.05, 4.69) is 23.8 Å². The first kappa shape index (κ1) is 17.2. The van der Waals surface area contributed by atoms with Crippen molar-refractivity contribution in [1.29, 1.82) is 0 Å². The molecule has 2 aliphatic heterocycles. The quantitative estimate of drug-likeness (QED) is 0.585. The molecule has 5 nitrogen and oxygen atoms in total. The molecule has 0 unspecified atom stereocenters. The lowest BCUT2D eigenvalue weighted by molar-refractivity contribution is -0.137. The summed E-state index contributed by atoms with van der Waals surface area (Å²) in [6, 6.07) is 3.88. The van der Waals surface area contributed by atoms with Crippen molar-refractivity contribution in [2.24, 2.45) is 0 Å². The first-order chi connectivity index (χ1) is 11.6. The minimum absolute atomic E-state index is 0.107. The van der Waals surface area contributed by atoms with E-state index in [-0.39, 0.29) is 11.8 Å². The van der Waals surface area contributed by atoms with Gasteiger partial charge in [0.1, 0.15) is 5.70 Å². The van der Waals surface area contributed by atoms with Crippen LogP contribution in [-0.2, 0) is 9.59 Å². The maximum Gasteiger partial charge on any atom is 0.277 e. The number of rotatable bonds is 6. The summed E-state index contributed by atoms with van der Waals surface area (Å²) in [5.41, 5.74) is 1.23. The van der Waals surface area contributed by atoms with Gasteiger partial charge in [0, 0.05) is 37.6 Å². The van der Waals surface area contributed by atoms with Crippen molar-refractivity contribution in [3.05, 3.63) is 28.1 Å². The predicted molar refractivity (Wildman–Crippen MR) is 96.6 cm³/mol. The molecule has 2 amide bonds. The zero-order valence-electron chi connectivity index (χ0n) is 14.5. The average Bonchev–Trinajstić information content (AvgIpc) is 3.17. The number of carbonyl (C=O) groups is 2. The van der Waals surface area contributed by atoms with Gasteiger partial charge in [0.15, 0.2) is 0 Å². The third-order valence-corrected chi connectivity index (χ3v) is 5.60. The van der Waals surface area contributed by atoms with Crippen LogP contribution in [0.3, 0.4) is 0 Å². The minimum Gasteiger partial charge on any atom is -0.364 e. The second-order valence-electron chi connectivity index (χ2n) is 6.46. The molecule has 0 N–H and O–H groups in total. The number of hydrogen-bond donors (Lipinski definition) is 0. The molecule has 0 aliphatic carbocycles. The first-order valence-electron chi connectivity index (χ1n) is 8.71. The zero-order chi connectivity index (χ0) is 17.1. The van der Waals surface area contributed by atoms with E-state index in [1.165, 1.54) is 16.2 Å². The molecule has 1 saturated heterocycles. The molecule has 3 rings (SSSR count). The third kappa shape index (κ3) is 3.26. The van der Waals surface area contributed by atoms with Crippen LogP contribution in [0.25, 0.3) is 5.57 Å². The predicted octanol–water partition coefficient (Wildman–Crippen LogP) is 2.27. The summed E-state index contributed by atoms with van der Waals surface area (Å²) in [4.78, 5) is 32.7. The van der Waals surface area contributed by atoms with Crippen molar-refractivity contribution in [3.63, 3.8) is 0 Å². The SMILES string of the molecule is CCCCCN1C(=O)C(c2cccs2)=C(N2CCN(C)CC2)C1=O. The molecule has 3 heterocycles. The molecule has 1 aromatic rings. The van der Waals surface area contributed by atoms with E-state index in [0.717, 1.165) is 50.3 Å². The lowest BCUT2D eigenvalue weighted by Crippen LogP contribution is -2.46. The van der Waals surface area contributed by atoms with E-state index < -0.39 is 0 Å². The molecule has 0 spiro atoms. The van der Waals surface area contributed by atoms with Crippen LogP contribution in [0, 0.1) is 0 Å². The van der Waals surface area contributed by atoms with Crippen LogP contribution in [0.1, 0.15) is 31.1 Å². The monoisotopic (exact) mass is 347 g/mol. The van der Waals surface area contributed by atoms with Gasteiger partial charge in [-0.3, -0.25) is 14.5 Å². The van der Waals surface area contributed by atoms with Crippen LogP contribution in [-0.4, -0.2) is 66.3 Å². The lowest BCUT2D eigenvalue weighted by Gasteiger charge is -2.34. The standard InChI is InChI=1S/C18H25N3O2S/c1-3-4-5-8-21-17(22)15(14-7-6-13-24-14)16(18(21)23)20-11-9-19(2)10-12-20/h6-7,13H,3-5,8-12H2,1-2H3. The number of unbranched alkanes of at least 4 members (excludes halogenated alkanes) is 2. The zero-order valence-corrected chi connectivity index (χ0v) is 15.3. The highest BCUT2D eigenvalue weighted by Crippen LogP contribution is 2.34. The maximum atomic E-state index is 13.0. The molecule has 2 aliphatic rings. The number of imide groups is 1. The molecular weight excluding hydrogens is 322 g/mol. The smallest absolute Gasteiger partial charge is 0.277 e. The Morgan fingerprint density at radius 1 is 1.08 bits per heavy atom. The summed E-state index contributed by atoms with van der Waals surface area (Å²) in [5.74, 6) is -0.225. The highest BCUT2D eigenvalue weighted by atomic mass is 32.1. The van der Waals surface area contributed by atoms with Gasteiger partial charge in [0.2, 0.25) is 0 Å². The Morgan fingerprint density at radius 3 is 2.46 bits per heavy atom. The summed E-state index contributed by atoms with van der Waals surface area (Å²) in [7, 11) is 2.09. The van der Waals surface area contributed by atoms with Crippen LogP contribution < -0.4 is 0 Å². The van der Waals surface area contributed by atoms with Gasteiger partial charge in [0.25, 0.3) is 11.8 Å². The molecule has 0 atom stereocenters. The van der Waals surface area contributed by atoms with Crippen LogP contribution in [0.15, 0.2) is 23.2 Å². The van der Waals surface area contributed by atoms with Gasteiger partial charge in [0.05, 0.1) is 5.57 Å². The second-order valence-corrected chi connectivity index (χ2v) is 7.41. The van der Waals surface area contributed by atoms with E-state index in [1.54, 1.807) is 0 Å². The molecule has 0 bridgehead atoms. The normalized spacial score (nSPS) is 19.8. The van der Waals surface area contributed by atoms with Crippen LogP contribution in [0.5, 0.6) is 0 Å². The molecule has 0 aromatic carbocycles. The number of likely N-dealkylation sites (N-methyl/N-ethyl adjacent to an activating group) is 1. The molecule has 6 heteroatoms.